The molecule has 0 aromatic heterocycles. The molecule has 0 radical (unpaired) electrons. The van der Waals surface area contributed by atoms with Gasteiger partial charge in [0.15, 0.2) is 0 Å². The molecule has 3 aliphatic rings. The van der Waals surface area contributed by atoms with Gasteiger partial charge in [-0.3, -0.25) is 0 Å². The van der Waals surface area contributed by atoms with E-state index in [1.165, 1.54) is 0 Å². The van der Waals surface area contributed by atoms with Gasteiger partial charge in [0.05, 0.1) is 0 Å². The van der Waals surface area contributed by atoms with Crippen molar-refractivity contribution >= 4 is 0 Å². The fourth-order valence-electron chi connectivity index (χ4n) is 4.23. The molecule has 0 saturated carbocycles. The second-order valence-electron chi connectivity index (χ2n) is 5.93. The van der Waals surface area contributed by atoms with E-state index in [9.17, 15) is 0 Å². The molecule has 2 unspecified atom stereocenters. The Morgan fingerprint density at radius 1 is 0.556 bits per heavy atom. The fraction of sp³-hybridized carbons (Fsp3) is 0.333. The zero-order valence-electron chi connectivity index (χ0n) is 10.9. The summed E-state index contributed by atoms with van der Waals surface area (Å²) in [4.78, 5) is 0. The molecule has 0 heteroatoms. The van der Waals surface area contributed by atoms with Gasteiger partial charge < -0.3 is 0 Å². The maximum absolute atomic E-state index is 2.42. The van der Waals surface area contributed by atoms with Gasteiger partial charge >= 0.3 is 0 Å². The van der Waals surface area contributed by atoms with Crippen LogP contribution in [-0.4, -0.2) is 0 Å². The Kier molecular flexibility index (Phi) is 2.00. The maximum atomic E-state index is 2.42. The lowest BCUT2D eigenvalue weighted by Crippen LogP contribution is -2.37. The van der Waals surface area contributed by atoms with E-state index in [0.717, 1.165) is 11.8 Å². The first-order chi connectivity index (χ1) is 8.79. The van der Waals surface area contributed by atoms with Gasteiger partial charge in [-0.05, 0) is 34.1 Å². The van der Waals surface area contributed by atoms with Gasteiger partial charge in [0.25, 0.3) is 0 Å². The number of fused-ring (bicyclic) bond motifs is 1. The molecule has 0 aliphatic heterocycles. The Hall–Kier alpha value is -1.56. The zero-order valence-corrected chi connectivity index (χ0v) is 10.9. The van der Waals surface area contributed by atoms with Crippen molar-refractivity contribution in [3.05, 3.63) is 70.8 Å². The fourth-order valence-corrected chi connectivity index (χ4v) is 4.23. The molecule has 2 bridgehead atoms. The van der Waals surface area contributed by atoms with Crippen LogP contribution < -0.4 is 0 Å². The third kappa shape index (κ3) is 1.11. The minimum atomic E-state index is 0.609. The molecule has 0 heterocycles. The van der Waals surface area contributed by atoms with Gasteiger partial charge in [0.1, 0.15) is 0 Å². The predicted molar refractivity (Wildman–Crippen MR) is 74.9 cm³/mol. The van der Waals surface area contributed by atoms with Crippen molar-refractivity contribution < 1.29 is 0 Å². The summed E-state index contributed by atoms with van der Waals surface area (Å²) in [6.45, 7) is 4.85. The van der Waals surface area contributed by atoms with Gasteiger partial charge in [0, 0.05) is 11.8 Å². The first kappa shape index (κ1) is 10.4. The van der Waals surface area contributed by atoms with Crippen molar-refractivity contribution in [3.8, 4) is 0 Å². The molecule has 2 aromatic rings. The molecule has 5 rings (SSSR count). The van der Waals surface area contributed by atoms with Crippen molar-refractivity contribution in [2.24, 2.45) is 11.8 Å². The van der Waals surface area contributed by atoms with Crippen LogP contribution >= 0.6 is 0 Å². The van der Waals surface area contributed by atoms with E-state index in [-0.39, 0.29) is 0 Å². The van der Waals surface area contributed by atoms with Crippen molar-refractivity contribution in [1.82, 2.24) is 0 Å². The van der Waals surface area contributed by atoms with Gasteiger partial charge in [-0.15, -0.1) is 0 Å². The highest BCUT2D eigenvalue weighted by atomic mass is 14.5. The molecular formula is C18H18. The Morgan fingerprint density at radius 3 is 1.11 bits per heavy atom. The lowest BCUT2D eigenvalue weighted by atomic mass is 9.55. The molecule has 3 aliphatic carbocycles. The first-order valence-electron chi connectivity index (χ1n) is 6.96. The van der Waals surface area contributed by atoms with E-state index in [1.54, 1.807) is 22.3 Å². The summed E-state index contributed by atoms with van der Waals surface area (Å²) in [5.41, 5.74) is 6.30. The van der Waals surface area contributed by atoms with Crippen LogP contribution in [0.15, 0.2) is 48.5 Å². The Bertz CT molecular complexity index is 509. The van der Waals surface area contributed by atoms with Crippen LogP contribution in [0.3, 0.4) is 0 Å². The lowest BCUT2D eigenvalue weighted by molar-refractivity contribution is 0.271. The Labute approximate surface area is 109 Å². The van der Waals surface area contributed by atoms with E-state index in [0.29, 0.717) is 11.8 Å². The summed E-state index contributed by atoms with van der Waals surface area (Å²) in [6.07, 6.45) is 0. The van der Waals surface area contributed by atoms with Crippen LogP contribution in [0.4, 0.5) is 0 Å². The van der Waals surface area contributed by atoms with Gasteiger partial charge in [-0.2, -0.15) is 0 Å². The van der Waals surface area contributed by atoms with E-state index in [2.05, 4.69) is 62.4 Å². The predicted octanol–water partition coefficient (Wildman–Crippen LogP) is 4.55. The van der Waals surface area contributed by atoms with Gasteiger partial charge in [-0.1, -0.05) is 62.4 Å². The van der Waals surface area contributed by atoms with Crippen LogP contribution in [-0.2, 0) is 0 Å². The monoisotopic (exact) mass is 234 g/mol. The highest BCUT2D eigenvalue weighted by Crippen LogP contribution is 2.57. The van der Waals surface area contributed by atoms with E-state index in [1.807, 2.05) is 0 Å². The molecule has 0 spiro atoms. The summed E-state index contributed by atoms with van der Waals surface area (Å²) in [5, 5.41) is 0. The molecule has 0 saturated heterocycles. The van der Waals surface area contributed by atoms with Crippen molar-refractivity contribution in [1.29, 1.82) is 0 Å². The summed E-state index contributed by atoms with van der Waals surface area (Å²) in [7, 11) is 0. The molecule has 18 heavy (non-hydrogen) atoms. The average molecular weight is 234 g/mol. The third-order valence-electron chi connectivity index (χ3n) is 5.21. The quantitative estimate of drug-likeness (QED) is 0.627. The van der Waals surface area contributed by atoms with Crippen LogP contribution in [0.1, 0.15) is 47.9 Å². The molecule has 0 amide bonds. The standard InChI is InChI=1S/C18H18/c1-11-12(2)18-15-9-5-3-7-13(15)17(11)14-8-4-6-10-16(14)18/h3-12,17-18H,1-2H3. The summed E-state index contributed by atoms with van der Waals surface area (Å²) < 4.78 is 0. The minimum absolute atomic E-state index is 0.609. The number of hydrogen-bond acceptors (Lipinski definition) is 0. The van der Waals surface area contributed by atoms with E-state index in [4.69, 9.17) is 0 Å². The highest BCUT2D eigenvalue weighted by molar-refractivity contribution is 5.56. The van der Waals surface area contributed by atoms with Crippen LogP contribution in [0.2, 0.25) is 0 Å². The molecule has 90 valence electrons. The van der Waals surface area contributed by atoms with E-state index >= 15 is 0 Å². The summed E-state index contributed by atoms with van der Waals surface area (Å²) in [5.74, 6) is 2.72. The Morgan fingerprint density at radius 2 is 0.833 bits per heavy atom. The highest BCUT2D eigenvalue weighted by Gasteiger charge is 2.45. The largest absolute Gasteiger partial charge is 0.0620 e. The smallest absolute Gasteiger partial charge is 0.0124 e. The maximum Gasteiger partial charge on any atom is 0.0124 e. The zero-order chi connectivity index (χ0) is 12.3. The van der Waals surface area contributed by atoms with Crippen LogP contribution in [0.5, 0.6) is 0 Å². The number of hydrogen-bond donors (Lipinski definition) is 0. The van der Waals surface area contributed by atoms with Gasteiger partial charge in [-0.25, -0.2) is 0 Å². The van der Waals surface area contributed by atoms with Gasteiger partial charge in [0.2, 0.25) is 0 Å². The molecule has 0 N–H and O–H groups in total. The van der Waals surface area contributed by atoms with Crippen LogP contribution in [0, 0.1) is 11.8 Å². The minimum Gasteiger partial charge on any atom is -0.0620 e. The molecule has 2 aromatic carbocycles. The normalized spacial score (nSPS) is 31.9. The first-order valence-corrected chi connectivity index (χ1v) is 6.96. The number of benzene rings is 2. The van der Waals surface area contributed by atoms with Crippen LogP contribution in [0.25, 0.3) is 0 Å². The molecular weight excluding hydrogens is 216 g/mol. The second-order valence-corrected chi connectivity index (χ2v) is 5.93. The summed E-state index contributed by atoms with van der Waals surface area (Å²) >= 11 is 0. The SMILES string of the molecule is CC1C2c3ccccc3C(c3ccccc32)C1C. The van der Waals surface area contributed by atoms with Crippen molar-refractivity contribution in [2.45, 2.75) is 25.7 Å². The van der Waals surface area contributed by atoms with Crippen molar-refractivity contribution in [2.75, 3.05) is 0 Å². The second kappa shape index (κ2) is 3.47. The Balaban J connectivity index is 2.06. The topological polar surface area (TPSA) is 0 Å². The average Bonchev–Trinajstić information content (AvgIpc) is 2.42. The molecule has 0 nitrogen and oxygen atoms in total. The summed E-state index contributed by atoms with van der Waals surface area (Å²) in [6, 6.07) is 18.1. The lowest BCUT2D eigenvalue weighted by Gasteiger charge is -2.48. The van der Waals surface area contributed by atoms with Crippen molar-refractivity contribution in [3.63, 3.8) is 0 Å². The van der Waals surface area contributed by atoms with E-state index < -0.39 is 0 Å². The number of rotatable bonds is 0. The molecule has 2 atom stereocenters. The molecule has 0 fully saturated rings. The third-order valence-corrected chi connectivity index (χ3v) is 5.21.